The summed E-state index contributed by atoms with van der Waals surface area (Å²) < 4.78 is 10.8. The number of aromatic nitrogens is 1. The Morgan fingerprint density at radius 2 is 1.72 bits per heavy atom. The molecule has 2 aromatic carbocycles. The molecule has 4 rings (SSSR count). The molecule has 0 N–H and O–H groups in total. The van der Waals surface area contributed by atoms with Crippen LogP contribution in [0.15, 0.2) is 54.6 Å². The molecule has 1 fully saturated rings. The fourth-order valence-corrected chi connectivity index (χ4v) is 3.13. The second-order valence-corrected chi connectivity index (χ2v) is 5.87. The predicted octanol–water partition coefficient (Wildman–Crippen LogP) is 4.17. The highest BCUT2D eigenvalue weighted by Crippen LogP contribution is 2.32. The van der Waals surface area contributed by atoms with Crippen molar-refractivity contribution in [3.63, 3.8) is 0 Å². The van der Waals surface area contributed by atoms with Gasteiger partial charge in [0.25, 0.3) is 0 Å². The first-order valence-electron chi connectivity index (χ1n) is 8.22. The lowest BCUT2D eigenvalue weighted by molar-refractivity contribution is 0.123. The fraction of sp³-hybridized carbons (Fsp3) is 0.250. The average molecular weight is 357 g/mol. The van der Waals surface area contributed by atoms with Crippen LogP contribution >= 0.6 is 12.4 Å². The minimum atomic E-state index is 0. The number of nitrogens with zero attached hydrogens (tertiary/aromatic N) is 2. The zero-order chi connectivity index (χ0) is 16.4. The first kappa shape index (κ1) is 17.5. The van der Waals surface area contributed by atoms with Crippen LogP contribution in [-0.4, -0.2) is 38.4 Å². The Morgan fingerprint density at radius 1 is 1.00 bits per heavy atom. The molecule has 25 heavy (non-hydrogen) atoms. The second kappa shape index (κ2) is 7.72. The van der Waals surface area contributed by atoms with Crippen molar-refractivity contribution in [2.24, 2.45) is 0 Å². The summed E-state index contributed by atoms with van der Waals surface area (Å²) in [7, 11) is 1.68. The number of morpholine rings is 1. The number of hydrogen-bond donors (Lipinski definition) is 0. The molecular formula is C20H21ClN2O2. The predicted molar refractivity (Wildman–Crippen MR) is 104 cm³/mol. The Balaban J connectivity index is 0.00000182. The highest BCUT2D eigenvalue weighted by atomic mass is 35.5. The fourth-order valence-electron chi connectivity index (χ4n) is 3.13. The monoisotopic (exact) mass is 356 g/mol. The lowest BCUT2D eigenvalue weighted by Gasteiger charge is -2.30. The molecule has 5 heteroatoms. The highest BCUT2D eigenvalue weighted by molar-refractivity contribution is 5.94. The number of pyridine rings is 1. The number of para-hydroxylation sites is 1. The number of hydrogen-bond acceptors (Lipinski definition) is 4. The van der Waals surface area contributed by atoms with Crippen molar-refractivity contribution in [1.82, 2.24) is 4.98 Å². The van der Waals surface area contributed by atoms with Crippen LogP contribution in [0.1, 0.15) is 0 Å². The summed E-state index contributed by atoms with van der Waals surface area (Å²) in [6, 6.07) is 18.6. The van der Waals surface area contributed by atoms with Gasteiger partial charge in [-0.2, -0.15) is 0 Å². The Hall–Kier alpha value is -2.30. The molecule has 4 nitrogen and oxygen atoms in total. The van der Waals surface area contributed by atoms with E-state index in [0.29, 0.717) is 0 Å². The SMILES string of the molecule is COc1ccc(-c2cc(N3CCOCC3)c3ccccc3n2)cc1.Cl. The number of benzene rings is 2. The second-order valence-electron chi connectivity index (χ2n) is 5.87. The van der Waals surface area contributed by atoms with Crippen LogP contribution in [0.25, 0.3) is 22.2 Å². The first-order chi connectivity index (χ1) is 11.8. The number of halogens is 1. The summed E-state index contributed by atoms with van der Waals surface area (Å²) in [5.74, 6) is 0.855. The molecule has 0 aliphatic carbocycles. The Morgan fingerprint density at radius 3 is 2.44 bits per heavy atom. The van der Waals surface area contributed by atoms with Gasteiger partial charge in [-0.05, 0) is 36.4 Å². The van der Waals surface area contributed by atoms with E-state index in [1.807, 2.05) is 18.2 Å². The van der Waals surface area contributed by atoms with E-state index in [2.05, 4.69) is 41.3 Å². The standard InChI is InChI=1S/C20H20N2O2.ClH/c1-23-16-8-6-15(7-9-16)19-14-20(22-10-12-24-13-11-22)17-4-2-3-5-18(17)21-19;/h2-9,14H,10-13H2,1H3;1H. The van der Waals surface area contributed by atoms with Crippen molar-refractivity contribution in [1.29, 1.82) is 0 Å². The third-order valence-electron chi connectivity index (χ3n) is 4.43. The quantitative estimate of drug-likeness (QED) is 0.705. The van der Waals surface area contributed by atoms with Crippen molar-refractivity contribution >= 4 is 29.0 Å². The number of anilines is 1. The summed E-state index contributed by atoms with van der Waals surface area (Å²) in [5, 5.41) is 1.19. The molecule has 0 amide bonds. The van der Waals surface area contributed by atoms with Crippen LogP contribution in [0, 0.1) is 0 Å². The van der Waals surface area contributed by atoms with Crippen LogP contribution in [0.3, 0.4) is 0 Å². The highest BCUT2D eigenvalue weighted by Gasteiger charge is 2.16. The third-order valence-corrected chi connectivity index (χ3v) is 4.43. The summed E-state index contributed by atoms with van der Waals surface area (Å²) >= 11 is 0. The molecule has 0 bridgehead atoms. The van der Waals surface area contributed by atoms with Crippen LogP contribution in [0.2, 0.25) is 0 Å². The molecule has 1 aliphatic rings. The van der Waals surface area contributed by atoms with E-state index in [1.165, 1.54) is 11.1 Å². The number of ether oxygens (including phenoxy) is 2. The van der Waals surface area contributed by atoms with Gasteiger partial charge in [-0.3, -0.25) is 0 Å². The Bertz CT molecular complexity index is 846. The first-order valence-corrected chi connectivity index (χ1v) is 8.22. The maximum atomic E-state index is 5.50. The van der Waals surface area contributed by atoms with Gasteiger partial charge in [-0.1, -0.05) is 18.2 Å². The van der Waals surface area contributed by atoms with Gasteiger partial charge in [0.2, 0.25) is 0 Å². The summed E-state index contributed by atoms with van der Waals surface area (Å²) in [6.07, 6.45) is 0. The molecule has 2 heterocycles. The van der Waals surface area contributed by atoms with Crippen LogP contribution in [-0.2, 0) is 4.74 Å². The number of rotatable bonds is 3. The molecule has 1 saturated heterocycles. The van der Waals surface area contributed by atoms with Crippen molar-refractivity contribution < 1.29 is 9.47 Å². The van der Waals surface area contributed by atoms with Gasteiger partial charge < -0.3 is 14.4 Å². The van der Waals surface area contributed by atoms with Gasteiger partial charge in [-0.25, -0.2) is 4.98 Å². The van der Waals surface area contributed by atoms with Crippen molar-refractivity contribution in [3.8, 4) is 17.0 Å². The topological polar surface area (TPSA) is 34.6 Å². The molecule has 3 aromatic rings. The summed E-state index contributed by atoms with van der Waals surface area (Å²) in [5.41, 5.74) is 4.33. The van der Waals surface area contributed by atoms with E-state index in [1.54, 1.807) is 7.11 Å². The van der Waals surface area contributed by atoms with Gasteiger partial charge in [0.05, 0.1) is 31.5 Å². The lowest BCUT2D eigenvalue weighted by atomic mass is 10.1. The normalized spacial score (nSPS) is 14.2. The zero-order valence-corrected chi connectivity index (χ0v) is 15.0. The van der Waals surface area contributed by atoms with Crippen LogP contribution in [0.4, 0.5) is 5.69 Å². The lowest BCUT2D eigenvalue weighted by Crippen LogP contribution is -2.36. The van der Waals surface area contributed by atoms with Crippen LogP contribution < -0.4 is 9.64 Å². The number of methoxy groups -OCH3 is 1. The van der Waals surface area contributed by atoms with Crippen molar-refractivity contribution in [2.75, 3.05) is 38.3 Å². The van der Waals surface area contributed by atoms with E-state index in [-0.39, 0.29) is 12.4 Å². The van der Waals surface area contributed by atoms with Crippen molar-refractivity contribution in [2.45, 2.75) is 0 Å². The molecule has 1 aromatic heterocycles. The van der Waals surface area contributed by atoms with Gasteiger partial charge in [0, 0.05) is 29.7 Å². The maximum Gasteiger partial charge on any atom is 0.118 e. The minimum absolute atomic E-state index is 0. The molecule has 1 aliphatic heterocycles. The molecule has 0 saturated carbocycles. The zero-order valence-electron chi connectivity index (χ0n) is 14.1. The minimum Gasteiger partial charge on any atom is -0.497 e. The van der Waals surface area contributed by atoms with E-state index < -0.39 is 0 Å². The molecule has 0 radical (unpaired) electrons. The average Bonchev–Trinajstić information content (AvgIpc) is 2.68. The van der Waals surface area contributed by atoms with Gasteiger partial charge in [-0.15, -0.1) is 12.4 Å². The molecule has 0 spiro atoms. The van der Waals surface area contributed by atoms with Gasteiger partial charge in [0.1, 0.15) is 5.75 Å². The Kier molecular flexibility index (Phi) is 5.41. The van der Waals surface area contributed by atoms with E-state index in [0.717, 1.165) is 48.8 Å². The van der Waals surface area contributed by atoms with Crippen molar-refractivity contribution in [3.05, 3.63) is 54.6 Å². The molecular weight excluding hydrogens is 336 g/mol. The molecule has 0 unspecified atom stereocenters. The largest absolute Gasteiger partial charge is 0.497 e. The van der Waals surface area contributed by atoms with E-state index in [4.69, 9.17) is 14.5 Å². The maximum absolute atomic E-state index is 5.50. The van der Waals surface area contributed by atoms with Crippen LogP contribution in [0.5, 0.6) is 5.75 Å². The molecule has 130 valence electrons. The summed E-state index contributed by atoms with van der Waals surface area (Å²) in [6.45, 7) is 3.37. The van der Waals surface area contributed by atoms with Gasteiger partial charge >= 0.3 is 0 Å². The van der Waals surface area contributed by atoms with E-state index in [9.17, 15) is 0 Å². The smallest absolute Gasteiger partial charge is 0.118 e. The molecule has 0 atom stereocenters. The third kappa shape index (κ3) is 3.55. The van der Waals surface area contributed by atoms with E-state index >= 15 is 0 Å². The number of fused-ring (bicyclic) bond motifs is 1. The Labute approximate surface area is 153 Å². The van der Waals surface area contributed by atoms with Gasteiger partial charge in [0.15, 0.2) is 0 Å². The summed E-state index contributed by atoms with van der Waals surface area (Å²) in [4.78, 5) is 7.25.